The first-order chi connectivity index (χ1) is 8.48. The lowest BCUT2D eigenvalue weighted by Crippen LogP contribution is -2.56. The molecule has 0 fully saturated rings. The molecule has 0 aliphatic carbocycles. The Balaban J connectivity index is 4.71. The molecule has 0 aromatic carbocycles. The molecule has 0 saturated carbocycles. The van der Waals surface area contributed by atoms with Crippen molar-refractivity contribution in [1.82, 2.24) is 4.72 Å². The fraction of sp³-hybridized carbons (Fsp3) is 0.900. The molecule has 0 aromatic heterocycles. The highest BCUT2D eigenvalue weighted by Gasteiger charge is 2.35. The highest BCUT2D eigenvalue weighted by molar-refractivity contribution is 7.89. The summed E-state index contributed by atoms with van der Waals surface area (Å²) in [6.45, 7) is 3.42. The average molecular weight is 320 g/mol. The van der Waals surface area contributed by atoms with Gasteiger partial charge in [-0.3, -0.25) is 0 Å². The lowest BCUT2D eigenvalue weighted by Gasteiger charge is -2.31. The van der Waals surface area contributed by atoms with Crippen LogP contribution in [0.4, 0.5) is 13.2 Å². The van der Waals surface area contributed by atoms with Crippen LogP contribution in [-0.4, -0.2) is 30.9 Å². The third kappa shape index (κ3) is 6.53. The van der Waals surface area contributed by atoms with Crippen LogP contribution in [0.15, 0.2) is 0 Å². The number of halogens is 3. The van der Waals surface area contributed by atoms with Crippen LogP contribution in [0.3, 0.4) is 0 Å². The van der Waals surface area contributed by atoms with E-state index in [1.54, 1.807) is 13.8 Å². The minimum atomic E-state index is -4.36. The summed E-state index contributed by atoms with van der Waals surface area (Å²) >= 11 is 4.84. The number of nitrogens with one attached hydrogen (secondary N) is 1. The molecule has 19 heavy (non-hydrogen) atoms. The van der Waals surface area contributed by atoms with Crippen LogP contribution in [-0.2, 0) is 10.0 Å². The van der Waals surface area contributed by atoms with Crippen molar-refractivity contribution in [3.05, 3.63) is 0 Å². The van der Waals surface area contributed by atoms with Crippen molar-refractivity contribution in [2.45, 2.75) is 51.2 Å². The first-order valence-electron chi connectivity index (χ1n) is 5.86. The minimum Gasteiger partial charge on any atom is -0.392 e. The van der Waals surface area contributed by atoms with Crippen molar-refractivity contribution < 1.29 is 21.6 Å². The number of hydrogen-bond acceptors (Lipinski definition) is 3. The van der Waals surface area contributed by atoms with Gasteiger partial charge in [0.05, 0.1) is 16.3 Å². The summed E-state index contributed by atoms with van der Waals surface area (Å²) < 4.78 is 61.8. The van der Waals surface area contributed by atoms with Crippen molar-refractivity contribution in [3.63, 3.8) is 0 Å². The predicted molar refractivity (Wildman–Crippen MR) is 72.3 cm³/mol. The molecular formula is C10H19F3N2O2S2. The summed E-state index contributed by atoms with van der Waals surface area (Å²) in [6.07, 6.45) is -5.29. The Morgan fingerprint density at radius 3 is 2.05 bits per heavy atom. The summed E-state index contributed by atoms with van der Waals surface area (Å²) in [5, 5.41) is 0. The molecule has 9 heteroatoms. The number of nitrogens with two attached hydrogens (primary N) is 1. The maximum atomic E-state index is 12.0. The van der Waals surface area contributed by atoms with Crippen LogP contribution in [0, 0.1) is 0 Å². The van der Waals surface area contributed by atoms with Crippen molar-refractivity contribution in [2.24, 2.45) is 5.73 Å². The SMILES string of the molecule is CCC(CC)(NS(=O)(=O)CCCC(F)(F)F)C(N)=S. The van der Waals surface area contributed by atoms with Gasteiger partial charge in [0, 0.05) is 6.42 Å². The van der Waals surface area contributed by atoms with Gasteiger partial charge in [-0.15, -0.1) is 0 Å². The summed E-state index contributed by atoms with van der Waals surface area (Å²) in [6, 6.07) is 0. The van der Waals surface area contributed by atoms with Crippen LogP contribution in [0.2, 0.25) is 0 Å². The van der Waals surface area contributed by atoms with Crippen molar-refractivity contribution in [3.8, 4) is 0 Å². The molecule has 0 aliphatic heterocycles. The van der Waals surface area contributed by atoms with Gasteiger partial charge in [0.25, 0.3) is 0 Å². The zero-order valence-corrected chi connectivity index (χ0v) is 12.5. The average Bonchev–Trinajstić information content (AvgIpc) is 2.23. The monoisotopic (exact) mass is 320 g/mol. The van der Waals surface area contributed by atoms with E-state index >= 15 is 0 Å². The largest absolute Gasteiger partial charge is 0.392 e. The Kier molecular flexibility index (Phi) is 6.70. The Morgan fingerprint density at radius 2 is 1.74 bits per heavy atom. The Bertz CT molecular complexity index is 403. The lowest BCUT2D eigenvalue weighted by molar-refractivity contribution is -0.134. The third-order valence-electron chi connectivity index (χ3n) is 2.90. The fourth-order valence-corrected chi connectivity index (χ4v) is 3.63. The Labute approximate surface area is 117 Å². The van der Waals surface area contributed by atoms with Crippen LogP contribution >= 0.6 is 12.2 Å². The van der Waals surface area contributed by atoms with Gasteiger partial charge in [0.1, 0.15) is 0 Å². The van der Waals surface area contributed by atoms with Gasteiger partial charge in [-0.2, -0.15) is 13.2 Å². The third-order valence-corrected chi connectivity index (χ3v) is 4.82. The highest BCUT2D eigenvalue weighted by Crippen LogP contribution is 2.22. The molecule has 0 aromatic rings. The van der Waals surface area contributed by atoms with E-state index in [2.05, 4.69) is 4.72 Å². The molecule has 4 nitrogen and oxygen atoms in total. The molecule has 3 N–H and O–H groups in total. The zero-order valence-electron chi connectivity index (χ0n) is 10.9. The Hall–Kier alpha value is -0.410. The first-order valence-corrected chi connectivity index (χ1v) is 7.92. The molecule has 0 rings (SSSR count). The molecular weight excluding hydrogens is 301 g/mol. The smallest absolute Gasteiger partial charge is 0.389 e. The molecule has 0 aliphatic rings. The standard InChI is InChI=1S/C10H19F3N2O2S2/c1-3-9(4-2,8(14)18)15-19(16,17)7-5-6-10(11,12)13/h15H,3-7H2,1-2H3,(H2,14,18). The summed E-state index contributed by atoms with van der Waals surface area (Å²) in [7, 11) is -3.85. The van der Waals surface area contributed by atoms with E-state index in [-0.39, 0.29) is 4.99 Å². The molecule has 0 saturated heterocycles. The van der Waals surface area contributed by atoms with Crippen molar-refractivity contribution in [2.75, 3.05) is 5.75 Å². The molecule has 0 amide bonds. The van der Waals surface area contributed by atoms with Crippen molar-refractivity contribution >= 4 is 27.2 Å². The zero-order chi connectivity index (χ0) is 15.3. The second-order valence-corrected chi connectivity index (χ2v) is 6.57. The van der Waals surface area contributed by atoms with Crippen LogP contribution in [0.5, 0.6) is 0 Å². The van der Waals surface area contributed by atoms with Crippen LogP contribution < -0.4 is 10.5 Å². The lowest BCUT2D eigenvalue weighted by atomic mass is 9.94. The quantitative estimate of drug-likeness (QED) is 0.672. The van der Waals surface area contributed by atoms with Crippen molar-refractivity contribution in [1.29, 1.82) is 0 Å². The Morgan fingerprint density at radius 1 is 1.26 bits per heavy atom. The van der Waals surface area contributed by atoms with Gasteiger partial charge < -0.3 is 5.73 Å². The summed E-state index contributed by atoms with van der Waals surface area (Å²) in [5.74, 6) is -0.600. The molecule has 0 unspecified atom stereocenters. The maximum Gasteiger partial charge on any atom is 0.389 e. The minimum absolute atomic E-state index is 0.00287. The highest BCUT2D eigenvalue weighted by atomic mass is 32.2. The van der Waals surface area contributed by atoms with E-state index in [0.717, 1.165) is 0 Å². The van der Waals surface area contributed by atoms with E-state index in [9.17, 15) is 21.6 Å². The second-order valence-electron chi connectivity index (χ2n) is 4.29. The van der Waals surface area contributed by atoms with Gasteiger partial charge in [-0.25, -0.2) is 13.1 Å². The molecule has 114 valence electrons. The van der Waals surface area contributed by atoms with Crippen LogP contribution in [0.25, 0.3) is 0 Å². The number of alkyl halides is 3. The normalized spacial score (nSPS) is 13.5. The number of sulfonamides is 1. The predicted octanol–water partition coefficient (Wildman–Crippen LogP) is 2.09. The van der Waals surface area contributed by atoms with Gasteiger partial charge >= 0.3 is 6.18 Å². The van der Waals surface area contributed by atoms with Gasteiger partial charge in [-0.05, 0) is 19.3 Å². The topological polar surface area (TPSA) is 72.2 Å². The molecule has 0 radical (unpaired) electrons. The van der Waals surface area contributed by atoms with E-state index in [1.807, 2.05) is 0 Å². The second kappa shape index (κ2) is 6.85. The molecule has 0 heterocycles. The first kappa shape index (κ1) is 18.6. The van der Waals surface area contributed by atoms with Gasteiger partial charge in [0.2, 0.25) is 10.0 Å². The maximum absolute atomic E-state index is 12.0. The van der Waals surface area contributed by atoms with E-state index in [0.29, 0.717) is 12.8 Å². The number of hydrogen-bond donors (Lipinski definition) is 2. The van der Waals surface area contributed by atoms with Gasteiger partial charge in [0.15, 0.2) is 0 Å². The summed E-state index contributed by atoms with van der Waals surface area (Å²) in [4.78, 5) is -0.00287. The number of thiocarbonyl (C=S) groups is 1. The molecule has 0 bridgehead atoms. The van der Waals surface area contributed by atoms with Crippen LogP contribution in [0.1, 0.15) is 39.5 Å². The van der Waals surface area contributed by atoms with E-state index < -0.39 is 40.3 Å². The molecule has 0 spiro atoms. The summed E-state index contributed by atoms with van der Waals surface area (Å²) in [5.41, 5.74) is 4.46. The number of rotatable bonds is 8. The fourth-order valence-electron chi connectivity index (χ4n) is 1.60. The van der Waals surface area contributed by atoms with E-state index in [1.165, 1.54) is 0 Å². The van der Waals surface area contributed by atoms with E-state index in [4.69, 9.17) is 18.0 Å². The molecule has 0 atom stereocenters. The van der Waals surface area contributed by atoms with Gasteiger partial charge in [-0.1, -0.05) is 26.1 Å².